The second-order valence-electron chi connectivity index (χ2n) is 12.8. The fraction of sp³-hybridized carbons (Fsp3) is 0.459. The van der Waals surface area contributed by atoms with Crippen molar-refractivity contribution < 1.29 is 18.0 Å². The molecule has 2 amide bonds. The molecule has 0 radical (unpaired) electrons. The first kappa shape index (κ1) is 34.3. The summed E-state index contributed by atoms with van der Waals surface area (Å²) in [5.74, 6) is 0.827. The molecule has 10 heteroatoms. The first-order chi connectivity index (χ1) is 22.7. The number of fused-ring (bicyclic) bond motifs is 1. The van der Waals surface area contributed by atoms with E-state index in [1.54, 1.807) is 12.3 Å². The Hall–Kier alpha value is -4.05. The second kappa shape index (κ2) is 15.7. The van der Waals surface area contributed by atoms with E-state index in [0.29, 0.717) is 47.7 Å². The first-order valence-electron chi connectivity index (χ1n) is 17.1. The van der Waals surface area contributed by atoms with E-state index in [1.165, 1.54) is 12.8 Å². The van der Waals surface area contributed by atoms with E-state index in [1.807, 2.05) is 54.0 Å². The molecule has 0 unspecified atom stereocenters. The predicted octanol–water partition coefficient (Wildman–Crippen LogP) is 7.70. The maximum Gasteiger partial charge on any atom is 0.264 e. The van der Waals surface area contributed by atoms with Crippen LogP contribution in [0.1, 0.15) is 101 Å². The van der Waals surface area contributed by atoms with Crippen molar-refractivity contribution >= 4 is 38.7 Å². The Morgan fingerprint density at radius 3 is 2.43 bits per heavy atom. The summed E-state index contributed by atoms with van der Waals surface area (Å²) >= 11 is 0. The highest BCUT2D eigenvalue weighted by atomic mass is 32.2. The van der Waals surface area contributed by atoms with Crippen molar-refractivity contribution in [2.75, 3.05) is 5.32 Å². The molecule has 1 fully saturated rings. The lowest BCUT2D eigenvalue weighted by Crippen LogP contribution is -2.31. The van der Waals surface area contributed by atoms with Crippen molar-refractivity contribution in [1.82, 2.24) is 19.3 Å². The van der Waals surface area contributed by atoms with Crippen LogP contribution in [-0.4, -0.2) is 34.8 Å². The number of nitrogens with zero attached hydrogens (tertiary/aromatic N) is 3. The smallest absolute Gasteiger partial charge is 0.264 e. The van der Waals surface area contributed by atoms with E-state index in [0.717, 1.165) is 67.5 Å². The third kappa shape index (κ3) is 8.46. The molecular formula is C37H47N5O4S. The molecule has 47 heavy (non-hydrogen) atoms. The van der Waals surface area contributed by atoms with Gasteiger partial charge in [0.25, 0.3) is 10.0 Å². The van der Waals surface area contributed by atoms with Gasteiger partial charge >= 0.3 is 0 Å². The van der Waals surface area contributed by atoms with Crippen LogP contribution in [0.2, 0.25) is 0 Å². The number of nitrogens with one attached hydrogen (secondary N) is 2. The zero-order valence-corrected chi connectivity index (χ0v) is 28.7. The highest BCUT2D eigenvalue weighted by molar-refractivity contribution is 7.90. The number of carbonyl (C=O) groups is 2. The quantitative estimate of drug-likeness (QED) is 0.135. The number of carbonyl (C=O) groups excluding carboxylic acids is 2. The Morgan fingerprint density at radius 1 is 0.957 bits per heavy atom. The Labute approximate surface area is 278 Å². The number of sulfonamides is 1. The van der Waals surface area contributed by atoms with Gasteiger partial charge in [-0.25, -0.2) is 23.1 Å². The van der Waals surface area contributed by atoms with Crippen LogP contribution in [0.4, 0.5) is 5.69 Å². The molecule has 9 nitrogen and oxygen atoms in total. The average molecular weight is 658 g/mol. The van der Waals surface area contributed by atoms with Gasteiger partial charge in [-0.1, -0.05) is 94.8 Å². The minimum absolute atomic E-state index is 0.0420. The normalized spacial score (nSPS) is 13.7. The molecule has 1 aliphatic carbocycles. The van der Waals surface area contributed by atoms with Crippen molar-refractivity contribution in [3.63, 3.8) is 0 Å². The fourth-order valence-corrected chi connectivity index (χ4v) is 7.70. The molecule has 2 N–H and O–H groups in total. The van der Waals surface area contributed by atoms with Gasteiger partial charge in [-0.05, 0) is 49.3 Å². The van der Waals surface area contributed by atoms with Gasteiger partial charge < -0.3 is 9.88 Å². The predicted molar refractivity (Wildman–Crippen MR) is 187 cm³/mol. The maximum absolute atomic E-state index is 13.8. The molecule has 0 bridgehead atoms. The van der Waals surface area contributed by atoms with Gasteiger partial charge in [0.2, 0.25) is 11.8 Å². The van der Waals surface area contributed by atoms with Crippen LogP contribution < -0.4 is 10.0 Å². The number of rotatable bonds is 15. The summed E-state index contributed by atoms with van der Waals surface area (Å²) in [7, 11) is -4.16. The number of anilines is 1. The lowest BCUT2D eigenvalue weighted by Gasteiger charge is -2.16. The summed E-state index contributed by atoms with van der Waals surface area (Å²) in [4.78, 5) is 35.2. The van der Waals surface area contributed by atoms with Crippen LogP contribution in [0.25, 0.3) is 22.3 Å². The van der Waals surface area contributed by atoms with Crippen molar-refractivity contribution in [1.29, 1.82) is 0 Å². The van der Waals surface area contributed by atoms with Crippen LogP contribution in [-0.2, 0) is 32.6 Å². The molecule has 2 heterocycles. The van der Waals surface area contributed by atoms with E-state index in [2.05, 4.69) is 23.9 Å². The molecule has 0 saturated heterocycles. The summed E-state index contributed by atoms with van der Waals surface area (Å²) in [5, 5.41) is 2.99. The summed E-state index contributed by atoms with van der Waals surface area (Å²) in [6, 6.07) is 14.8. The minimum Gasteiger partial charge on any atom is -0.324 e. The Morgan fingerprint density at radius 2 is 1.70 bits per heavy atom. The largest absolute Gasteiger partial charge is 0.324 e. The van der Waals surface area contributed by atoms with Crippen LogP contribution in [0.5, 0.6) is 0 Å². The molecule has 1 aliphatic rings. The van der Waals surface area contributed by atoms with Crippen molar-refractivity contribution in [3.8, 4) is 11.1 Å². The summed E-state index contributed by atoms with van der Waals surface area (Å²) in [5.41, 5.74) is 4.92. The molecule has 2 aromatic heterocycles. The molecule has 0 spiro atoms. The van der Waals surface area contributed by atoms with Crippen LogP contribution in [0.15, 0.2) is 59.6 Å². The number of pyridine rings is 1. The Balaban J connectivity index is 1.49. The van der Waals surface area contributed by atoms with E-state index in [-0.39, 0.29) is 17.2 Å². The zero-order valence-electron chi connectivity index (χ0n) is 27.8. The van der Waals surface area contributed by atoms with Gasteiger partial charge in [0, 0.05) is 30.4 Å². The summed E-state index contributed by atoms with van der Waals surface area (Å²) in [6.07, 6.45) is 12.0. The third-order valence-corrected chi connectivity index (χ3v) is 10.6. The van der Waals surface area contributed by atoms with Crippen LogP contribution in [0.3, 0.4) is 0 Å². The maximum atomic E-state index is 13.8. The van der Waals surface area contributed by atoms with Gasteiger partial charge in [0.1, 0.15) is 11.3 Å². The highest BCUT2D eigenvalue weighted by Gasteiger charge is 2.25. The molecule has 2 aromatic carbocycles. The summed E-state index contributed by atoms with van der Waals surface area (Å²) in [6.45, 7) is 6.46. The summed E-state index contributed by atoms with van der Waals surface area (Å²) < 4.78 is 32.1. The highest BCUT2D eigenvalue weighted by Crippen LogP contribution is 2.32. The Bertz CT molecular complexity index is 1810. The zero-order chi connectivity index (χ0) is 33.4. The molecule has 0 aliphatic heterocycles. The van der Waals surface area contributed by atoms with Crippen molar-refractivity contribution in [2.45, 2.75) is 109 Å². The van der Waals surface area contributed by atoms with Gasteiger partial charge in [0.05, 0.1) is 23.3 Å². The average Bonchev–Trinajstić information content (AvgIpc) is 3.72. The van der Waals surface area contributed by atoms with Gasteiger partial charge in [-0.15, -0.1) is 0 Å². The van der Waals surface area contributed by atoms with Gasteiger partial charge in [-0.3, -0.25) is 9.59 Å². The number of amides is 2. The SMILES string of the molecule is CCCCC(=O)Nc1cnc2c(nc(CCCC)n2Cc2ccc(-c3ccccc3)c(S(=O)(=O)NC(=O)CCC3CCCC3)c2)c1C. The molecule has 5 rings (SSSR count). The molecule has 1 saturated carbocycles. The van der Waals surface area contributed by atoms with Crippen LogP contribution >= 0.6 is 0 Å². The number of imidazole rings is 1. The van der Waals surface area contributed by atoms with Gasteiger partial charge in [-0.2, -0.15) is 0 Å². The van der Waals surface area contributed by atoms with E-state index >= 15 is 0 Å². The standard InChI is InChI=1S/C37H47N5O4S/c1-4-6-17-33-40-36-26(3)31(39-34(43)18-7-5-2)24-38-37(36)42(33)25-28-19-21-30(29-15-9-8-10-16-29)32(23-28)47(45,46)41-35(44)22-20-27-13-11-12-14-27/h8-10,15-16,19,21,23-24,27H,4-7,11-14,17-18,20,22,25H2,1-3H3,(H,39,43)(H,41,44). The van der Waals surface area contributed by atoms with E-state index < -0.39 is 15.9 Å². The topological polar surface area (TPSA) is 123 Å². The number of benzene rings is 2. The monoisotopic (exact) mass is 657 g/mol. The van der Waals surface area contributed by atoms with E-state index in [4.69, 9.17) is 9.97 Å². The number of unbranched alkanes of at least 4 members (excludes halogenated alkanes) is 2. The molecule has 0 atom stereocenters. The van der Waals surface area contributed by atoms with Gasteiger partial charge in [0.15, 0.2) is 5.65 Å². The van der Waals surface area contributed by atoms with Crippen molar-refractivity contribution in [3.05, 3.63) is 71.7 Å². The Kier molecular flexibility index (Phi) is 11.4. The second-order valence-corrected chi connectivity index (χ2v) is 14.4. The lowest BCUT2D eigenvalue weighted by molar-refractivity contribution is -0.119. The molecule has 4 aromatic rings. The van der Waals surface area contributed by atoms with E-state index in [9.17, 15) is 18.0 Å². The fourth-order valence-electron chi connectivity index (χ4n) is 6.41. The number of aryl methyl sites for hydroxylation is 2. The third-order valence-electron chi connectivity index (χ3n) is 9.14. The molecule has 250 valence electrons. The first-order valence-corrected chi connectivity index (χ1v) is 18.6. The number of hydrogen-bond acceptors (Lipinski definition) is 6. The van der Waals surface area contributed by atoms with Crippen LogP contribution in [0, 0.1) is 12.8 Å². The lowest BCUT2D eigenvalue weighted by atomic mass is 10.0. The number of aromatic nitrogens is 3. The van der Waals surface area contributed by atoms with Crippen molar-refractivity contribution in [2.24, 2.45) is 5.92 Å². The minimum atomic E-state index is -4.16. The number of hydrogen-bond donors (Lipinski definition) is 2. The molecular weight excluding hydrogens is 611 g/mol.